The third-order valence-electron chi connectivity index (χ3n) is 2.84. The number of fused-ring (bicyclic) bond motifs is 1. The molecule has 0 aliphatic rings. The second kappa shape index (κ2) is 5.88. The summed E-state index contributed by atoms with van der Waals surface area (Å²) in [5.74, 6) is 0. The molecule has 1 aromatic heterocycles. The topological polar surface area (TPSA) is 50.9 Å². The van der Waals surface area contributed by atoms with Gasteiger partial charge in [0.05, 0.1) is 15.9 Å². The van der Waals surface area contributed by atoms with Crippen molar-refractivity contribution >= 4 is 77.1 Å². The van der Waals surface area contributed by atoms with Crippen LogP contribution in [0, 0.1) is 0 Å². The Labute approximate surface area is 144 Å². The number of nitrogens with two attached hydrogens (primary N) is 1. The van der Waals surface area contributed by atoms with Crippen molar-refractivity contribution in [3.05, 3.63) is 51.5 Å². The summed E-state index contributed by atoms with van der Waals surface area (Å²) in [5, 5.41) is 4.74. The van der Waals surface area contributed by atoms with E-state index in [4.69, 9.17) is 29.6 Å². The number of benzene rings is 2. The third-order valence-corrected chi connectivity index (χ3v) is 4.72. The molecule has 3 N–H and O–H groups in total. The van der Waals surface area contributed by atoms with E-state index in [2.05, 4.69) is 26.2 Å². The fourth-order valence-corrected chi connectivity index (χ4v) is 3.58. The summed E-state index contributed by atoms with van der Waals surface area (Å²) in [7, 11) is 0. The Kier molecular flexibility index (Phi) is 4.12. The van der Waals surface area contributed by atoms with Crippen LogP contribution in [-0.2, 0) is 0 Å². The van der Waals surface area contributed by atoms with Gasteiger partial charge in [-0.3, -0.25) is 0 Å². The van der Waals surface area contributed by atoms with Crippen molar-refractivity contribution in [3.63, 3.8) is 0 Å². The largest absolute Gasteiger partial charge is 0.389 e. The van der Waals surface area contributed by atoms with Gasteiger partial charge in [-0.2, -0.15) is 0 Å². The lowest BCUT2D eigenvalue weighted by Gasteiger charge is -2.09. The van der Waals surface area contributed by atoms with Crippen molar-refractivity contribution in [2.45, 2.75) is 0 Å². The molecule has 0 fully saturated rings. The number of nitrogens with zero attached hydrogens (tertiary/aromatic N) is 1. The molecule has 0 unspecified atom stereocenters. The Balaban J connectivity index is 2.00. The van der Waals surface area contributed by atoms with E-state index in [1.165, 1.54) is 11.3 Å². The normalized spacial score (nSPS) is 10.8. The molecule has 106 valence electrons. The summed E-state index contributed by atoms with van der Waals surface area (Å²) < 4.78 is 1.95. The standard InChI is InChI=1S/C14H9BrClN3S2/c15-7-1-3-10(9(5-7)13(17)20)18-14-19-11-4-2-8(16)6-12(11)21-14/h1-6H,(H2,17,20)(H,18,19). The van der Waals surface area contributed by atoms with Crippen molar-refractivity contribution in [2.24, 2.45) is 5.73 Å². The summed E-state index contributed by atoms with van der Waals surface area (Å²) in [4.78, 5) is 4.86. The molecule has 0 aliphatic carbocycles. The average molecular weight is 399 g/mol. The SMILES string of the molecule is NC(=S)c1cc(Br)ccc1Nc1nc2ccc(Cl)cc2s1. The monoisotopic (exact) mass is 397 g/mol. The molecule has 0 saturated carbocycles. The highest BCUT2D eigenvalue weighted by atomic mass is 79.9. The molecule has 0 amide bonds. The molecule has 3 rings (SSSR count). The Bertz CT molecular complexity index is 847. The maximum atomic E-state index is 5.99. The Hall–Kier alpha value is -1.21. The van der Waals surface area contributed by atoms with E-state index < -0.39 is 0 Å². The van der Waals surface area contributed by atoms with Crippen LogP contribution in [0.1, 0.15) is 5.56 Å². The molecule has 3 nitrogen and oxygen atoms in total. The predicted octanol–water partition coefficient (Wildman–Crippen LogP) is 5.09. The molecule has 21 heavy (non-hydrogen) atoms. The summed E-state index contributed by atoms with van der Waals surface area (Å²) in [6.07, 6.45) is 0. The zero-order valence-electron chi connectivity index (χ0n) is 10.6. The first kappa shape index (κ1) is 14.7. The summed E-state index contributed by atoms with van der Waals surface area (Å²) in [6, 6.07) is 11.3. The lowest BCUT2D eigenvalue weighted by Crippen LogP contribution is -2.11. The molecule has 0 aliphatic heterocycles. The van der Waals surface area contributed by atoms with Gasteiger partial charge in [0.1, 0.15) is 4.99 Å². The predicted molar refractivity (Wildman–Crippen MR) is 97.9 cm³/mol. The number of thiocarbonyl (C=S) groups is 1. The molecule has 0 bridgehead atoms. The van der Waals surface area contributed by atoms with Gasteiger partial charge in [-0.1, -0.05) is 51.1 Å². The maximum absolute atomic E-state index is 5.99. The highest BCUT2D eigenvalue weighted by Crippen LogP contribution is 2.31. The summed E-state index contributed by atoms with van der Waals surface area (Å²) in [5.41, 5.74) is 8.28. The van der Waals surface area contributed by atoms with Crippen molar-refractivity contribution in [2.75, 3.05) is 5.32 Å². The lowest BCUT2D eigenvalue weighted by molar-refractivity contribution is 1.43. The second-order valence-corrected chi connectivity index (χ2v) is 7.13. The van der Waals surface area contributed by atoms with E-state index in [-0.39, 0.29) is 0 Å². The van der Waals surface area contributed by atoms with Gasteiger partial charge < -0.3 is 11.1 Å². The summed E-state index contributed by atoms with van der Waals surface area (Å²) >= 11 is 16.0. The first-order valence-electron chi connectivity index (χ1n) is 5.95. The number of aromatic nitrogens is 1. The minimum Gasteiger partial charge on any atom is -0.389 e. The minimum absolute atomic E-state index is 0.336. The summed E-state index contributed by atoms with van der Waals surface area (Å²) in [6.45, 7) is 0. The number of thiazole rings is 1. The molecule has 0 radical (unpaired) electrons. The molecule has 2 aromatic carbocycles. The molecule has 1 heterocycles. The lowest BCUT2D eigenvalue weighted by atomic mass is 10.2. The van der Waals surface area contributed by atoms with Gasteiger partial charge in [0.15, 0.2) is 5.13 Å². The Morgan fingerprint density at radius 3 is 2.86 bits per heavy atom. The van der Waals surface area contributed by atoms with Crippen LogP contribution in [-0.4, -0.2) is 9.97 Å². The van der Waals surface area contributed by atoms with Gasteiger partial charge in [-0.15, -0.1) is 0 Å². The van der Waals surface area contributed by atoms with Crippen molar-refractivity contribution in [1.82, 2.24) is 4.98 Å². The number of nitrogens with one attached hydrogen (secondary N) is 1. The molecular formula is C14H9BrClN3S2. The first-order valence-corrected chi connectivity index (χ1v) is 8.35. The Morgan fingerprint density at radius 2 is 2.10 bits per heavy atom. The smallest absolute Gasteiger partial charge is 0.188 e. The Morgan fingerprint density at radius 1 is 1.29 bits per heavy atom. The van der Waals surface area contributed by atoms with Crippen LogP contribution < -0.4 is 11.1 Å². The number of hydrogen-bond acceptors (Lipinski definition) is 4. The van der Waals surface area contributed by atoms with Crippen molar-refractivity contribution < 1.29 is 0 Å². The van der Waals surface area contributed by atoms with E-state index in [1.54, 1.807) is 0 Å². The molecular weight excluding hydrogens is 390 g/mol. The van der Waals surface area contributed by atoms with Gasteiger partial charge in [-0.25, -0.2) is 4.98 Å². The molecule has 3 aromatic rings. The maximum Gasteiger partial charge on any atom is 0.188 e. The van der Waals surface area contributed by atoms with Crippen molar-refractivity contribution in [3.8, 4) is 0 Å². The van der Waals surface area contributed by atoms with Gasteiger partial charge >= 0.3 is 0 Å². The quantitative estimate of drug-likeness (QED) is 0.603. The number of anilines is 2. The van der Waals surface area contributed by atoms with Crippen LogP contribution >= 0.6 is 51.1 Å². The van der Waals surface area contributed by atoms with E-state index >= 15 is 0 Å². The minimum atomic E-state index is 0.336. The van der Waals surface area contributed by atoms with Crippen molar-refractivity contribution in [1.29, 1.82) is 0 Å². The third kappa shape index (κ3) is 3.18. The zero-order chi connectivity index (χ0) is 15.0. The van der Waals surface area contributed by atoms with Crippen LogP contribution in [0.15, 0.2) is 40.9 Å². The number of halogens is 2. The molecule has 7 heteroatoms. The highest BCUT2D eigenvalue weighted by Gasteiger charge is 2.09. The van der Waals surface area contributed by atoms with Crippen LogP contribution in [0.25, 0.3) is 10.2 Å². The van der Waals surface area contributed by atoms with Gasteiger partial charge in [0, 0.05) is 15.1 Å². The molecule has 0 saturated heterocycles. The van der Waals surface area contributed by atoms with Gasteiger partial charge in [0.2, 0.25) is 0 Å². The van der Waals surface area contributed by atoms with Crippen LogP contribution in [0.4, 0.5) is 10.8 Å². The number of rotatable bonds is 3. The van der Waals surface area contributed by atoms with E-state index in [0.29, 0.717) is 10.0 Å². The average Bonchev–Trinajstić information content (AvgIpc) is 2.82. The zero-order valence-corrected chi connectivity index (χ0v) is 14.5. The van der Waals surface area contributed by atoms with E-state index in [0.717, 1.165) is 31.1 Å². The molecule has 0 atom stereocenters. The van der Waals surface area contributed by atoms with Crippen LogP contribution in [0.2, 0.25) is 5.02 Å². The van der Waals surface area contributed by atoms with E-state index in [1.807, 2.05) is 36.4 Å². The van der Waals surface area contributed by atoms with Gasteiger partial charge in [0.25, 0.3) is 0 Å². The highest BCUT2D eigenvalue weighted by molar-refractivity contribution is 9.10. The van der Waals surface area contributed by atoms with Crippen LogP contribution in [0.5, 0.6) is 0 Å². The fourth-order valence-electron chi connectivity index (χ4n) is 1.90. The first-order chi connectivity index (χ1) is 10.0. The van der Waals surface area contributed by atoms with E-state index in [9.17, 15) is 0 Å². The van der Waals surface area contributed by atoms with Crippen LogP contribution in [0.3, 0.4) is 0 Å². The second-order valence-electron chi connectivity index (χ2n) is 4.31. The molecule has 0 spiro atoms. The number of hydrogen-bond donors (Lipinski definition) is 2. The fraction of sp³-hybridized carbons (Fsp3) is 0. The van der Waals surface area contributed by atoms with Gasteiger partial charge in [-0.05, 0) is 36.4 Å².